The monoisotopic (exact) mass is 416 g/mol. The Morgan fingerprint density at radius 3 is 2.90 bits per heavy atom. The van der Waals surface area contributed by atoms with Gasteiger partial charge in [-0.25, -0.2) is 4.98 Å². The molecule has 1 aromatic heterocycles. The highest BCUT2D eigenvalue weighted by Gasteiger charge is 2.30. The molecule has 4 rings (SSSR count). The van der Waals surface area contributed by atoms with Gasteiger partial charge in [-0.2, -0.15) is 0 Å². The number of halogens is 1. The second-order valence-electron chi connectivity index (χ2n) is 6.77. The molecule has 0 atom stereocenters. The van der Waals surface area contributed by atoms with Crippen molar-refractivity contribution in [3.8, 4) is 11.6 Å². The number of anilines is 1. The molecular formula is C20H21ClN4O4. The van der Waals surface area contributed by atoms with E-state index in [-0.39, 0.29) is 24.2 Å². The standard InChI is InChI=1S/C20H21ClN4O4/c21-14-3-4-17-16(12-14)25(20(27)15-2-1-5-23-19(15)29-17)13-18(26)22-6-7-24-8-10-28-11-9-24/h1-5,12H,6-11,13H2,(H,22,26). The van der Waals surface area contributed by atoms with Gasteiger partial charge in [0.1, 0.15) is 12.1 Å². The number of aromatic nitrogens is 1. The fourth-order valence-corrected chi connectivity index (χ4v) is 3.48. The van der Waals surface area contributed by atoms with Crippen LogP contribution in [0.2, 0.25) is 5.02 Å². The molecule has 9 heteroatoms. The van der Waals surface area contributed by atoms with Crippen molar-refractivity contribution in [1.82, 2.24) is 15.2 Å². The Morgan fingerprint density at radius 2 is 2.07 bits per heavy atom. The summed E-state index contributed by atoms with van der Waals surface area (Å²) in [6.45, 7) is 4.22. The smallest absolute Gasteiger partial charge is 0.264 e. The van der Waals surface area contributed by atoms with Crippen LogP contribution in [0.15, 0.2) is 36.5 Å². The normalized spacial score (nSPS) is 16.4. The number of hydrogen-bond donors (Lipinski definition) is 1. The van der Waals surface area contributed by atoms with Gasteiger partial charge >= 0.3 is 0 Å². The zero-order valence-corrected chi connectivity index (χ0v) is 16.5. The van der Waals surface area contributed by atoms with Gasteiger partial charge in [0.15, 0.2) is 5.75 Å². The Bertz CT molecular complexity index is 917. The number of ether oxygens (including phenoxy) is 2. The van der Waals surface area contributed by atoms with E-state index in [0.29, 0.717) is 41.8 Å². The van der Waals surface area contributed by atoms with E-state index in [2.05, 4.69) is 15.2 Å². The number of benzene rings is 1. The highest BCUT2D eigenvalue weighted by molar-refractivity contribution is 6.31. The lowest BCUT2D eigenvalue weighted by atomic mass is 10.2. The van der Waals surface area contributed by atoms with Gasteiger partial charge in [-0.15, -0.1) is 0 Å². The van der Waals surface area contributed by atoms with Crippen LogP contribution in [0.25, 0.3) is 0 Å². The molecule has 0 radical (unpaired) electrons. The molecule has 2 aromatic rings. The van der Waals surface area contributed by atoms with Gasteiger partial charge in [0.2, 0.25) is 11.8 Å². The molecule has 0 spiro atoms. The van der Waals surface area contributed by atoms with E-state index < -0.39 is 0 Å². The van der Waals surface area contributed by atoms with Crippen molar-refractivity contribution < 1.29 is 19.1 Å². The number of amides is 2. The second kappa shape index (κ2) is 8.77. The molecule has 2 amide bonds. The third kappa shape index (κ3) is 4.50. The van der Waals surface area contributed by atoms with Crippen molar-refractivity contribution >= 4 is 29.1 Å². The number of pyridine rings is 1. The number of nitrogens with zero attached hydrogens (tertiary/aromatic N) is 3. The van der Waals surface area contributed by atoms with Crippen molar-refractivity contribution in [3.63, 3.8) is 0 Å². The van der Waals surface area contributed by atoms with Gasteiger partial charge in [-0.1, -0.05) is 11.6 Å². The molecular weight excluding hydrogens is 396 g/mol. The summed E-state index contributed by atoms with van der Waals surface area (Å²) in [7, 11) is 0. The summed E-state index contributed by atoms with van der Waals surface area (Å²) in [5, 5.41) is 3.32. The van der Waals surface area contributed by atoms with Crippen LogP contribution in [0, 0.1) is 0 Å². The fraction of sp³-hybridized carbons (Fsp3) is 0.350. The lowest BCUT2D eigenvalue weighted by Gasteiger charge is -2.27. The van der Waals surface area contributed by atoms with E-state index in [0.717, 1.165) is 19.6 Å². The predicted octanol–water partition coefficient (Wildman–Crippen LogP) is 1.94. The molecule has 0 unspecified atom stereocenters. The van der Waals surface area contributed by atoms with Gasteiger partial charge in [0.05, 0.1) is 18.9 Å². The first kappa shape index (κ1) is 19.6. The maximum Gasteiger partial charge on any atom is 0.264 e. The van der Waals surface area contributed by atoms with Crippen molar-refractivity contribution in [1.29, 1.82) is 0 Å². The average molecular weight is 417 g/mol. The van der Waals surface area contributed by atoms with Crippen LogP contribution in [0.4, 0.5) is 5.69 Å². The maximum atomic E-state index is 13.1. The molecule has 152 valence electrons. The largest absolute Gasteiger partial charge is 0.436 e. The second-order valence-corrected chi connectivity index (χ2v) is 7.20. The third-order valence-electron chi connectivity index (χ3n) is 4.82. The van der Waals surface area contributed by atoms with Crippen LogP contribution >= 0.6 is 11.6 Å². The molecule has 3 heterocycles. The number of morpholine rings is 1. The lowest BCUT2D eigenvalue weighted by molar-refractivity contribution is -0.119. The van der Waals surface area contributed by atoms with E-state index in [1.807, 2.05) is 0 Å². The first-order chi connectivity index (χ1) is 14.1. The zero-order valence-electron chi connectivity index (χ0n) is 15.8. The molecule has 8 nitrogen and oxygen atoms in total. The van der Waals surface area contributed by atoms with Crippen LogP contribution in [0.3, 0.4) is 0 Å². The Morgan fingerprint density at radius 1 is 1.24 bits per heavy atom. The number of carbonyl (C=O) groups excluding carboxylic acids is 2. The van der Waals surface area contributed by atoms with E-state index in [1.165, 1.54) is 4.90 Å². The third-order valence-corrected chi connectivity index (χ3v) is 5.06. The highest BCUT2D eigenvalue weighted by atomic mass is 35.5. The first-order valence-electron chi connectivity index (χ1n) is 9.43. The Hall–Kier alpha value is -2.68. The molecule has 2 aliphatic rings. The highest BCUT2D eigenvalue weighted by Crippen LogP contribution is 2.39. The minimum Gasteiger partial charge on any atom is -0.436 e. The number of nitrogens with one attached hydrogen (secondary N) is 1. The zero-order chi connectivity index (χ0) is 20.2. The molecule has 0 saturated carbocycles. The Balaban J connectivity index is 1.49. The fourth-order valence-electron chi connectivity index (χ4n) is 3.32. The summed E-state index contributed by atoms with van der Waals surface area (Å²) < 4.78 is 11.1. The van der Waals surface area contributed by atoms with Crippen molar-refractivity contribution in [2.45, 2.75) is 0 Å². The molecule has 2 aliphatic heterocycles. The summed E-state index contributed by atoms with van der Waals surface area (Å²) in [6.07, 6.45) is 1.55. The molecule has 0 bridgehead atoms. The molecule has 1 saturated heterocycles. The molecule has 1 N–H and O–H groups in total. The van der Waals surface area contributed by atoms with Gasteiger partial charge in [-0.3, -0.25) is 19.4 Å². The van der Waals surface area contributed by atoms with Crippen LogP contribution in [0.1, 0.15) is 10.4 Å². The van der Waals surface area contributed by atoms with E-state index in [9.17, 15) is 9.59 Å². The van der Waals surface area contributed by atoms with Crippen LogP contribution < -0.4 is 15.0 Å². The quantitative estimate of drug-likeness (QED) is 0.801. The van der Waals surface area contributed by atoms with Crippen LogP contribution in [-0.4, -0.2) is 67.6 Å². The van der Waals surface area contributed by atoms with Gasteiger partial charge < -0.3 is 14.8 Å². The summed E-state index contributed by atoms with van der Waals surface area (Å²) in [5.74, 6) is -0.0000593. The minimum atomic E-state index is -0.363. The number of fused-ring (bicyclic) bond motifs is 2. The maximum absolute atomic E-state index is 13.1. The average Bonchev–Trinajstić information content (AvgIpc) is 2.84. The van der Waals surface area contributed by atoms with Crippen LogP contribution in [0.5, 0.6) is 11.6 Å². The molecule has 1 aromatic carbocycles. The summed E-state index contributed by atoms with van der Waals surface area (Å²) in [6, 6.07) is 8.23. The number of carbonyl (C=O) groups is 2. The Kier molecular flexibility index (Phi) is 5.94. The van der Waals surface area contributed by atoms with Gasteiger partial charge in [0.25, 0.3) is 5.91 Å². The summed E-state index contributed by atoms with van der Waals surface area (Å²) >= 11 is 6.13. The van der Waals surface area contributed by atoms with E-state index in [4.69, 9.17) is 21.1 Å². The first-order valence-corrected chi connectivity index (χ1v) is 9.81. The van der Waals surface area contributed by atoms with E-state index >= 15 is 0 Å². The molecule has 29 heavy (non-hydrogen) atoms. The lowest BCUT2D eigenvalue weighted by Crippen LogP contribution is -2.44. The summed E-state index contributed by atoms with van der Waals surface area (Å²) in [5.41, 5.74) is 0.727. The van der Waals surface area contributed by atoms with Crippen molar-refractivity contribution in [3.05, 3.63) is 47.1 Å². The van der Waals surface area contributed by atoms with Crippen LogP contribution in [-0.2, 0) is 9.53 Å². The van der Waals surface area contributed by atoms with Gasteiger partial charge in [-0.05, 0) is 30.3 Å². The number of hydrogen-bond acceptors (Lipinski definition) is 6. The topological polar surface area (TPSA) is 84.0 Å². The SMILES string of the molecule is O=C(CN1C(=O)c2cccnc2Oc2ccc(Cl)cc21)NCCN1CCOCC1. The number of rotatable bonds is 5. The van der Waals surface area contributed by atoms with E-state index in [1.54, 1.807) is 36.5 Å². The van der Waals surface area contributed by atoms with Crippen molar-refractivity contribution in [2.75, 3.05) is 50.8 Å². The molecule has 1 fully saturated rings. The van der Waals surface area contributed by atoms with Crippen molar-refractivity contribution in [2.24, 2.45) is 0 Å². The predicted molar refractivity (Wildman–Crippen MR) is 108 cm³/mol. The Labute approximate surface area is 173 Å². The summed E-state index contributed by atoms with van der Waals surface area (Å²) in [4.78, 5) is 33.5. The minimum absolute atomic E-state index is 0.146. The van der Waals surface area contributed by atoms with Gasteiger partial charge in [0, 0.05) is 37.4 Å². The molecule has 0 aliphatic carbocycles.